The summed E-state index contributed by atoms with van der Waals surface area (Å²) < 4.78 is 5.10. The minimum absolute atomic E-state index is 0.0383. The van der Waals surface area contributed by atoms with Gasteiger partial charge in [0.05, 0.1) is 29.7 Å². The third-order valence-corrected chi connectivity index (χ3v) is 5.46. The molecule has 0 radical (unpaired) electrons. The predicted molar refractivity (Wildman–Crippen MR) is 117 cm³/mol. The molecule has 0 bridgehead atoms. The largest absolute Gasteiger partial charge is 0.462 e. The molecular formula is C21H27N3O5S. The minimum atomic E-state index is -0.642. The Labute approximate surface area is 179 Å². The maximum Gasteiger partial charge on any atom is 0.341 e. The molecule has 162 valence electrons. The Morgan fingerprint density at radius 3 is 2.47 bits per heavy atom. The van der Waals surface area contributed by atoms with Crippen molar-refractivity contribution in [3.8, 4) is 0 Å². The van der Waals surface area contributed by atoms with Gasteiger partial charge in [0.1, 0.15) is 5.00 Å². The molecule has 2 rings (SSSR count). The molecule has 0 aliphatic carbocycles. The number of carbonyl (C=O) groups is 3. The first-order valence-corrected chi connectivity index (χ1v) is 10.4. The first-order valence-electron chi connectivity index (χ1n) is 9.58. The van der Waals surface area contributed by atoms with Crippen LogP contribution in [0.15, 0.2) is 30.3 Å². The Morgan fingerprint density at radius 1 is 1.23 bits per heavy atom. The molecule has 1 unspecified atom stereocenters. The van der Waals surface area contributed by atoms with E-state index in [1.807, 2.05) is 30.3 Å². The van der Waals surface area contributed by atoms with Crippen molar-refractivity contribution in [3.63, 3.8) is 0 Å². The molecule has 8 nitrogen and oxygen atoms in total. The van der Waals surface area contributed by atoms with Crippen molar-refractivity contribution in [2.24, 2.45) is 0 Å². The Morgan fingerprint density at radius 2 is 1.90 bits per heavy atom. The lowest BCUT2D eigenvalue weighted by molar-refractivity contribution is -0.115. The number of nitrogens with one attached hydrogen (secondary N) is 2. The number of rotatable bonds is 9. The van der Waals surface area contributed by atoms with Crippen LogP contribution in [0.4, 0.5) is 10.7 Å². The van der Waals surface area contributed by atoms with Crippen LogP contribution in [-0.2, 0) is 9.53 Å². The Balaban J connectivity index is 2.29. The topological polar surface area (TPSA) is 108 Å². The number of esters is 1. The van der Waals surface area contributed by atoms with Crippen molar-refractivity contribution in [1.29, 1.82) is 0 Å². The lowest BCUT2D eigenvalue weighted by Crippen LogP contribution is -2.37. The summed E-state index contributed by atoms with van der Waals surface area (Å²) in [6.07, 6.45) is -0.642. The zero-order valence-corrected chi connectivity index (χ0v) is 18.3. The molecule has 2 amide bonds. The Kier molecular flexibility index (Phi) is 8.37. The molecule has 1 heterocycles. The van der Waals surface area contributed by atoms with Gasteiger partial charge in [0.25, 0.3) is 5.91 Å². The highest BCUT2D eigenvalue weighted by Gasteiger charge is 2.26. The number of anilines is 2. The number of aliphatic hydroxyl groups excluding tert-OH is 1. The molecule has 0 fully saturated rings. The molecule has 2 aromatic rings. The maximum absolute atomic E-state index is 12.8. The van der Waals surface area contributed by atoms with E-state index in [2.05, 4.69) is 10.6 Å². The van der Waals surface area contributed by atoms with Gasteiger partial charge in [0.2, 0.25) is 5.91 Å². The molecule has 0 saturated carbocycles. The highest BCUT2D eigenvalue weighted by atomic mass is 32.1. The van der Waals surface area contributed by atoms with E-state index in [0.717, 1.165) is 17.0 Å². The summed E-state index contributed by atoms with van der Waals surface area (Å²) in [6, 6.07) is 9.25. The molecule has 0 aliphatic heterocycles. The number of amides is 2. The second-order valence-electron chi connectivity index (χ2n) is 6.67. The molecule has 3 N–H and O–H groups in total. The molecule has 1 aromatic carbocycles. The van der Waals surface area contributed by atoms with Gasteiger partial charge in [-0.05, 0) is 38.5 Å². The van der Waals surface area contributed by atoms with Crippen LogP contribution < -0.4 is 15.5 Å². The number of hydrogen-bond donors (Lipinski definition) is 3. The third-order valence-electron chi connectivity index (χ3n) is 4.25. The smallest absolute Gasteiger partial charge is 0.341 e. The number of carbonyl (C=O) groups excluding carboxylic acids is 3. The van der Waals surface area contributed by atoms with Gasteiger partial charge in [0, 0.05) is 19.3 Å². The monoisotopic (exact) mass is 433 g/mol. The SMILES string of the molecule is CCOC(=O)c1c(NC(=O)CN(CC(C)O)c2ccccc2)sc(C(=O)NC)c1C. The first-order chi connectivity index (χ1) is 14.3. The quantitative estimate of drug-likeness (QED) is 0.524. The maximum atomic E-state index is 12.8. The van der Waals surface area contributed by atoms with Crippen LogP contribution in [0.25, 0.3) is 0 Å². The van der Waals surface area contributed by atoms with Crippen molar-refractivity contribution in [3.05, 3.63) is 46.3 Å². The standard InChI is InChI=1S/C21H27N3O5S/c1-5-29-21(28)17-14(3)18(19(27)22-4)30-20(17)23-16(26)12-24(11-13(2)25)15-9-7-6-8-10-15/h6-10,13,25H,5,11-12H2,1-4H3,(H,22,27)(H,23,26). The lowest BCUT2D eigenvalue weighted by atomic mass is 10.1. The molecule has 9 heteroatoms. The summed E-state index contributed by atoms with van der Waals surface area (Å²) in [7, 11) is 1.50. The number of para-hydroxylation sites is 1. The normalized spacial score (nSPS) is 11.5. The number of aliphatic hydroxyl groups is 1. The van der Waals surface area contributed by atoms with Crippen LogP contribution in [0.5, 0.6) is 0 Å². The molecule has 30 heavy (non-hydrogen) atoms. The molecule has 1 atom stereocenters. The fraction of sp³-hybridized carbons (Fsp3) is 0.381. The van der Waals surface area contributed by atoms with Gasteiger partial charge in [0.15, 0.2) is 0 Å². The fourth-order valence-corrected chi connectivity index (χ4v) is 4.10. The van der Waals surface area contributed by atoms with Gasteiger partial charge < -0.3 is 25.4 Å². The molecule has 0 saturated heterocycles. The van der Waals surface area contributed by atoms with Gasteiger partial charge in [-0.25, -0.2) is 4.79 Å². The average Bonchev–Trinajstić information content (AvgIpc) is 3.03. The van der Waals surface area contributed by atoms with E-state index < -0.39 is 12.1 Å². The number of nitrogens with zero attached hydrogens (tertiary/aromatic N) is 1. The van der Waals surface area contributed by atoms with Crippen LogP contribution >= 0.6 is 11.3 Å². The van der Waals surface area contributed by atoms with Crippen LogP contribution in [0.3, 0.4) is 0 Å². The van der Waals surface area contributed by atoms with Gasteiger partial charge in [-0.3, -0.25) is 9.59 Å². The number of thiophene rings is 1. The summed E-state index contributed by atoms with van der Waals surface area (Å²) >= 11 is 1.03. The van der Waals surface area contributed by atoms with Crippen molar-refractivity contribution in [2.75, 3.05) is 37.0 Å². The van der Waals surface area contributed by atoms with E-state index in [0.29, 0.717) is 10.4 Å². The number of hydrogen-bond acceptors (Lipinski definition) is 7. The van der Waals surface area contributed by atoms with Crippen LogP contribution in [0.2, 0.25) is 0 Å². The zero-order valence-electron chi connectivity index (χ0n) is 17.5. The molecule has 1 aromatic heterocycles. The van der Waals surface area contributed by atoms with Crippen molar-refractivity contribution >= 4 is 39.8 Å². The van der Waals surface area contributed by atoms with Crippen LogP contribution in [0.1, 0.15) is 39.4 Å². The minimum Gasteiger partial charge on any atom is -0.462 e. The van der Waals surface area contributed by atoms with Crippen LogP contribution in [0, 0.1) is 6.92 Å². The highest BCUT2D eigenvalue weighted by Crippen LogP contribution is 2.33. The summed E-state index contributed by atoms with van der Waals surface area (Å²) in [5, 5.41) is 15.3. The van der Waals surface area contributed by atoms with Gasteiger partial charge in [-0.1, -0.05) is 18.2 Å². The van der Waals surface area contributed by atoms with E-state index in [4.69, 9.17) is 4.74 Å². The second kappa shape index (κ2) is 10.7. The van der Waals surface area contributed by atoms with Crippen LogP contribution in [-0.4, -0.2) is 55.7 Å². The highest BCUT2D eigenvalue weighted by molar-refractivity contribution is 7.18. The van der Waals surface area contributed by atoms with Crippen molar-refractivity contribution in [1.82, 2.24) is 5.32 Å². The van der Waals surface area contributed by atoms with E-state index in [9.17, 15) is 19.5 Å². The summed E-state index contributed by atoms with van der Waals surface area (Å²) in [6.45, 7) is 5.37. The Bertz CT molecular complexity index is 896. The van der Waals surface area contributed by atoms with E-state index >= 15 is 0 Å². The average molecular weight is 434 g/mol. The van der Waals surface area contributed by atoms with Gasteiger partial charge in [-0.2, -0.15) is 0 Å². The number of benzene rings is 1. The van der Waals surface area contributed by atoms with E-state index in [1.54, 1.807) is 25.7 Å². The van der Waals surface area contributed by atoms with Gasteiger partial charge in [-0.15, -0.1) is 11.3 Å². The first kappa shape index (κ1) is 23.4. The summed E-state index contributed by atoms with van der Waals surface area (Å²) in [5.41, 5.74) is 1.42. The zero-order chi connectivity index (χ0) is 22.3. The van der Waals surface area contributed by atoms with Gasteiger partial charge >= 0.3 is 5.97 Å². The number of ether oxygens (including phenoxy) is 1. The Hall–Kier alpha value is -2.91. The van der Waals surface area contributed by atoms with E-state index in [-0.39, 0.29) is 42.1 Å². The summed E-state index contributed by atoms with van der Waals surface area (Å²) in [5.74, 6) is -1.32. The fourth-order valence-electron chi connectivity index (χ4n) is 2.94. The molecular weight excluding hydrogens is 406 g/mol. The van der Waals surface area contributed by atoms with E-state index in [1.165, 1.54) is 7.05 Å². The molecule has 0 spiro atoms. The lowest BCUT2D eigenvalue weighted by Gasteiger charge is -2.25. The third kappa shape index (κ3) is 5.80. The second-order valence-corrected chi connectivity index (χ2v) is 7.69. The molecule has 0 aliphatic rings. The summed E-state index contributed by atoms with van der Waals surface area (Å²) in [4.78, 5) is 39.5. The van der Waals surface area contributed by atoms with Crippen molar-refractivity contribution < 1.29 is 24.2 Å². The van der Waals surface area contributed by atoms with Crippen molar-refractivity contribution in [2.45, 2.75) is 26.9 Å². The predicted octanol–water partition coefficient (Wildman–Crippen LogP) is 2.42.